The van der Waals surface area contributed by atoms with E-state index in [4.69, 9.17) is 9.31 Å². The molecule has 3 heteroatoms. The lowest BCUT2D eigenvalue weighted by molar-refractivity contribution is 0.00578. The van der Waals surface area contributed by atoms with Gasteiger partial charge in [0.1, 0.15) is 0 Å². The zero-order chi connectivity index (χ0) is 12.8. The maximum Gasteiger partial charge on any atom is 0.490 e. The van der Waals surface area contributed by atoms with Crippen molar-refractivity contribution >= 4 is 7.12 Å². The molecule has 0 aromatic heterocycles. The summed E-state index contributed by atoms with van der Waals surface area (Å²) in [4.78, 5) is 0. The Labute approximate surface area is 106 Å². The van der Waals surface area contributed by atoms with E-state index in [2.05, 4.69) is 47.6 Å². The van der Waals surface area contributed by atoms with Crippen molar-refractivity contribution in [3.8, 4) is 0 Å². The van der Waals surface area contributed by atoms with E-state index in [1.807, 2.05) is 0 Å². The topological polar surface area (TPSA) is 18.5 Å². The lowest BCUT2D eigenvalue weighted by Gasteiger charge is -2.32. The van der Waals surface area contributed by atoms with E-state index in [1.165, 1.54) is 11.9 Å². The molecular formula is C14H25BO2. The van der Waals surface area contributed by atoms with Crippen LogP contribution in [0.3, 0.4) is 0 Å². The average Bonchev–Trinajstić information content (AvgIpc) is 2.34. The highest BCUT2D eigenvalue weighted by Gasteiger charge is 2.52. The van der Waals surface area contributed by atoms with Crippen LogP contribution < -0.4 is 0 Å². The fourth-order valence-electron chi connectivity index (χ4n) is 2.79. The zero-order valence-corrected chi connectivity index (χ0v) is 12.0. The molecule has 0 amide bonds. The van der Waals surface area contributed by atoms with Gasteiger partial charge in [-0.3, -0.25) is 0 Å². The highest BCUT2D eigenvalue weighted by Crippen LogP contribution is 2.41. The molecule has 1 aliphatic carbocycles. The van der Waals surface area contributed by atoms with Gasteiger partial charge in [0.2, 0.25) is 0 Å². The van der Waals surface area contributed by atoms with E-state index in [9.17, 15) is 0 Å². The summed E-state index contributed by atoms with van der Waals surface area (Å²) in [6, 6.07) is 0. The summed E-state index contributed by atoms with van der Waals surface area (Å²) in [6.45, 7) is 13.1. The minimum Gasteiger partial charge on any atom is -0.400 e. The van der Waals surface area contributed by atoms with Crippen LogP contribution in [0.25, 0.3) is 0 Å². The Balaban J connectivity index is 2.16. The molecule has 2 rings (SSSR count). The van der Waals surface area contributed by atoms with Gasteiger partial charge < -0.3 is 9.31 Å². The van der Waals surface area contributed by atoms with Gasteiger partial charge in [-0.15, -0.1) is 0 Å². The summed E-state index contributed by atoms with van der Waals surface area (Å²) >= 11 is 0. The van der Waals surface area contributed by atoms with Crippen molar-refractivity contribution < 1.29 is 9.31 Å². The maximum absolute atomic E-state index is 6.11. The third-order valence-corrected chi connectivity index (χ3v) is 4.41. The van der Waals surface area contributed by atoms with Gasteiger partial charge in [-0.1, -0.05) is 19.9 Å². The SMILES string of the molecule is C[C@@H]1CC(B2OC(C)(C)C(C)(C)O2)=C[C@H](C)C1. The molecule has 0 radical (unpaired) electrons. The van der Waals surface area contributed by atoms with Gasteiger partial charge in [0, 0.05) is 0 Å². The predicted octanol–water partition coefficient (Wildman–Crippen LogP) is 3.61. The second kappa shape index (κ2) is 4.13. The van der Waals surface area contributed by atoms with Crippen LogP contribution in [0.4, 0.5) is 0 Å². The normalized spacial score (nSPS) is 35.9. The van der Waals surface area contributed by atoms with Gasteiger partial charge in [0.05, 0.1) is 11.2 Å². The number of hydrogen-bond acceptors (Lipinski definition) is 2. The predicted molar refractivity (Wildman–Crippen MR) is 71.7 cm³/mol. The molecule has 96 valence electrons. The molecule has 0 spiro atoms. The van der Waals surface area contributed by atoms with Gasteiger partial charge in [0.15, 0.2) is 0 Å². The summed E-state index contributed by atoms with van der Waals surface area (Å²) in [5.41, 5.74) is 0.903. The molecule has 1 aliphatic heterocycles. The minimum atomic E-state index is -0.220. The number of rotatable bonds is 1. The van der Waals surface area contributed by atoms with Gasteiger partial charge in [-0.2, -0.15) is 0 Å². The highest BCUT2D eigenvalue weighted by molar-refractivity contribution is 6.54. The first-order valence-electron chi connectivity index (χ1n) is 6.77. The lowest BCUT2D eigenvalue weighted by atomic mass is 9.68. The van der Waals surface area contributed by atoms with Crippen LogP contribution in [0.2, 0.25) is 0 Å². The summed E-state index contributed by atoms with van der Waals surface area (Å²) in [5, 5.41) is 0. The average molecular weight is 236 g/mol. The summed E-state index contributed by atoms with van der Waals surface area (Å²) in [5.74, 6) is 1.39. The van der Waals surface area contributed by atoms with E-state index in [0.717, 1.165) is 12.3 Å². The van der Waals surface area contributed by atoms with Crippen LogP contribution in [-0.2, 0) is 9.31 Å². The molecule has 1 fully saturated rings. The molecule has 0 bridgehead atoms. The van der Waals surface area contributed by atoms with E-state index >= 15 is 0 Å². The largest absolute Gasteiger partial charge is 0.490 e. The van der Waals surface area contributed by atoms with E-state index in [1.54, 1.807) is 0 Å². The smallest absolute Gasteiger partial charge is 0.400 e. The zero-order valence-electron chi connectivity index (χ0n) is 12.0. The highest BCUT2D eigenvalue weighted by atomic mass is 16.7. The Bertz CT molecular complexity index is 317. The van der Waals surface area contributed by atoms with Crippen LogP contribution in [0.1, 0.15) is 54.4 Å². The van der Waals surface area contributed by atoms with Gasteiger partial charge in [0.25, 0.3) is 0 Å². The van der Waals surface area contributed by atoms with Crippen molar-refractivity contribution in [2.24, 2.45) is 11.8 Å². The first kappa shape index (κ1) is 13.2. The van der Waals surface area contributed by atoms with E-state index < -0.39 is 0 Å². The molecule has 2 atom stereocenters. The van der Waals surface area contributed by atoms with Crippen LogP contribution in [0.15, 0.2) is 11.5 Å². The quantitative estimate of drug-likeness (QED) is 0.647. The van der Waals surface area contributed by atoms with Crippen LogP contribution in [0, 0.1) is 11.8 Å². The minimum absolute atomic E-state index is 0.134. The number of hydrogen-bond donors (Lipinski definition) is 0. The summed E-state index contributed by atoms with van der Waals surface area (Å²) < 4.78 is 12.2. The monoisotopic (exact) mass is 236 g/mol. The molecule has 2 nitrogen and oxygen atoms in total. The van der Waals surface area contributed by atoms with Crippen molar-refractivity contribution in [2.45, 2.75) is 65.6 Å². The summed E-state index contributed by atoms with van der Waals surface area (Å²) in [6.07, 6.45) is 4.74. The molecule has 0 saturated carbocycles. The van der Waals surface area contributed by atoms with E-state index in [0.29, 0.717) is 5.92 Å². The molecule has 0 unspecified atom stereocenters. The first-order valence-corrected chi connectivity index (χ1v) is 6.77. The van der Waals surface area contributed by atoms with Crippen LogP contribution in [-0.4, -0.2) is 18.3 Å². The van der Waals surface area contributed by atoms with Crippen molar-refractivity contribution in [1.82, 2.24) is 0 Å². The Hall–Kier alpha value is -0.275. The molecule has 1 saturated heterocycles. The Kier molecular flexibility index (Phi) is 3.20. The Morgan fingerprint density at radius 1 is 1.12 bits per heavy atom. The second-order valence-electron chi connectivity index (χ2n) is 6.85. The molecule has 1 heterocycles. The van der Waals surface area contributed by atoms with Crippen molar-refractivity contribution in [3.05, 3.63) is 11.5 Å². The number of allylic oxidation sites excluding steroid dienone is 2. The van der Waals surface area contributed by atoms with Gasteiger partial charge >= 0.3 is 7.12 Å². The second-order valence-corrected chi connectivity index (χ2v) is 6.85. The third kappa shape index (κ3) is 2.46. The fraction of sp³-hybridized carbons (Fsp3) is 0.857. The fourth-order valence-corrected chi connectivity index (χ4v) is 2.79. The van der Waals surface area contributed by atoms with Crippen molar-refractivity contribution in [1.29, 1.82) is 0 Å². The molecule has 2 aliphatic rings. The summed E-state index contributed by atoms with van der Waals surface area (Å²) in [7, 11) is -0.134. The van der Waals surface area contributed by atoms with Crippen LogP contribution >= 0.6 is 0 Å². The van der Waals surface area contributed by atoms with Crippen molar-refractivity contribution in [3.63, 3.8) is 0 Å². The molecular weight excluding hydrogens is 211 g/mol. The Morgan fingerprint density at radius 3 is 2.12 bits per heavy atom. The van der Waals surface area contributed by atoms with Crippen molar-refractivity contribution in [2.75, 3.05) is 0 Å². The first-order chi connectivity index (χ1) is 7.71. The standard InChI is InChI=1S/C14H25BO2/c1-10-7-11(2)9-12(8-10)15-16-13(3,4)14(5,6)17-15/h8,10-11H,7,9H2,1-6H3/t10-,11+/m1/s1. The van der Waals surface area contributed by atoms with Crippen LogP contribution in [0.5, 0.6) is 0 Å². The molecule has 0 aromatic carbocycles. The third-order valence-electron chi connectivity index (χ3n) is 4.41. The molecule has 17 heavy (non-hydrogen) atoms. The lowest BCUT2D eigenvalue weighted by Crippen LogP contribution is -2.41. The molecule has 0 aromatic rings. The van der Waals surface area contributed by atoms with Gasteiger partial charge in [-0.05, 0) is 57.8 Å². The molecule has 0 N–H and O–H groups in total. The van der Waals surface area contributed by atoms with E-state index in [-0.39, 0.29) is 18.3 Å². The Morgan fingerprint density at radius 2 is 1.65 bits per heavy atom. The van der Waals surface area contributed by atoms with Gasteiger partial charge in [-0.25, -0.2) is 0 Å². The maximum atomic E-state index is 6.11.